The molecule has 4 rings (SSSR count). The second-order valence-electron chi connectivity index (χ2n) is 7.27. The molecule has 0 bridgehead atoms. The van der Waals surface area contributed by atoms with Gasteiger partial charge in [0.15, 0.2) is 5.69 Å². The van der Waals surface area contributed by atoms with Gasteiger partial charge in [0.2, 0.25) is 5.43 Å². The lowest BCUT2D eigenvalue weighted by Gasteiger charge is -2.23. The summed E-state index contributed by atoms with van der Waals surface area (Å²) in [6, 6.07) is 9.30. The number of benzene rings is 1. The molecule has 1 fully saturated rings. The Morgan fingerprint density at radius 2 is 1.93 bits per heavy atom. The molecule has 0 spiro atoms. The van der Waals surface area contributed by atoms with Gasteiger partial charge in [0.1, 0.15) is 17.3 Å². The zero-order chi connectivity index (χ0) is 20.4. The lowest BCUT2D eigenvalue weighted by atomic mass is 9.96. The number of halogens is 1. The molecule has 1 aliphatic carbocycles. The number of carbonyl (C=O) groups is 1. The quantitative estimate of drug-likeness (QED) is 0.731. The maximum atomic E-state index is 14.2. The van der Waals surface area contributed by atoms with Crippen LogP contribution in [0.5, 0.6) is 0 Å². The number of hydrogen-bond donors (Lipinski definition) is 1. The fraction of sp³-hybridized carbons (Fsp3) is 0.333. The molecule has 1 saturated carbocycles. The summed E-state index contributed by atoms with van der Waals surface area (Å²) in [5.74, 6) is -0.604. The highest BCUT2D eigenvalue weighted by atomic mass is 19.1. The maximum absolute atomic E-state index is 14.2. The van der Waals surface area contributed by atoms with Gasteiger partial charge in [-0.15, -0.1) is 0 Å². The first-order chi connectivity index (χ1) is 14.0. The fourth-order valence-electron chi connectivity index (χ4n) is 3.78. The number of hydrogen-bond acceptors (Lipinski definition) is 4. The van der Waals surface area contributed by atoms with Crippen LogP contribution in [0, 0.1) is 12.7 Å². The van der Waals surface area contributed by atoms with Crippen LogP contribution in [-0.2, 0) is 0 Å². The first kappa shape index (κ1) is 19.0. The molecule has 29 heavy (non-hydrogen) atoms. The van der Waals surface area contributed by atoms with Crippen molar-refractivity contribution >= 4 is 11.7 Å². The van der Waals surface area contributed by atoms with E-state index in [1.165, 1.54) is 23.2 Å². The molecule has 2 heterocycles. The molecule has 0 saturated heterocycles. The van der Waals surface area contributed by atoms with Crippen molar-refractivity contribution < 1.29 is 9.18 Å². The number of anilines is 1. The molecule has 1 aliphatic rings. The van der Waals surface area contributed by atoms with E-state index in [9.17, 15) is 14.0 Å². The zero-order valence-electron chi connectivity index (χ0n) is 16.1. The fourth-order valence-corrected chi connectivity index (χ4v) is 3.78. The van der Waals surface area contributed by atoms with E-state index in [0.29, 0.717) is 11.5 Å². The molecular formula is C21H22FN5O2. The minimum Gasteiger partial charge on any atom is -0.305 e. The second-order valence-corrected chi connectivity index (χ2v) is 7.27. The van der Waals surface area contributed by atoms with Crippen molar-refractivity contribution in [2.24, 2.45) is 0 Å². The predicted octanol–water partition coefficient (Wildman–Crippen LogP) is 3.63. The van der Waals surface area contributed by atoms with E-state index in [1.807, 2.05) is 0 Å². The third-order valence-electron chi connectivity index (χ3n) is 5.24. The molecule has 150 valence electrons. The lowest BCUT2D eigenvalue weighted by molar-refractivity contribution is 0.101. The van der Waals surface area contributed by atoms with Crippen molar-refractivity contribution in [2.45, 2.75) is 45.1 Å². The van der Waals surface area contributed by atoms with Crippen LogP contribution in [0.4, 0.5) is 10.2 Å². The highest BCUT2D eigenvalue weighted by Gasteiger charge is 2.22. The summed E-state index contributed by atoms with van der Waals surface area (Å²) in [6.45, 7) is 1.64. The van der Waals surface area contributed by atoms with Crippen LogP contribution in [0.15, 0.2) is 47.4 Å². The molecule has 0 radical (unpaired) electrons. The maximum Gasteiger partial charge on any atom is 0.281 e. The Morgan fingerprint density at radius 3 is 2.69 bits per heavy atom. The Balaban J connectivity index is 1.65. The highest BCUT2D eigenvalue weighted by molar-refractivity contribution is 6.02. The average Bonchev–Trinajstić information content (AvgIpc) is 3.17. The molecule has 2 aromatic heterocycles. The summed E-state index contributed by atoms with van der Waals surface area (Å²) in [7, 11) is 0. The van der Waals surface area contributed by atoms with E-state index in [-0.39, 0.29) is 17.4 Å². The minimum absolute atomic E-state index is 0.172. The van der Waals surface area contributed by atoms with Gasteiger partial charge in [0.25, 0.3) is 5.91 Å². The smallest absolute Gasteiger partial charge is 0.281 e. The Hall–Kier alpha value is -3.29. The molecular weight excluding hydrogens is 373 g/mol. The van der Waals surface area contributed by atoms with Crippen molar-refractivity contribution in [1.82, 2.24) is 19.6 Å². The van der Waals surface area contributed by atoms with E-state index < -0.39 is 17.2 Å². The van der Waals surface area contributed by atoms with Gasteiger partial charge in [-0.05, 0) is 31.9 Å². The zero-order valence-corrected chi connectivity index (χ0v) is 16.1. The molecule has 1 N–H and O–H groups in total. The standard InChI is InChI=1S/C21H22FN5O2/c1-14-13-18(28)20(25-26(14)17-10-6-5-9-16(17)22)21(29)24-19-11-12-23-27(19)15-7-3-2-4-8-15/h5-6,9-13,15H,2-4,7-8H2,1H3,(H,24,29). The summed E-state index contributed by atoms with van der Waals surface area (Å²) in [5.41, 5.74) is -0.207. The lowest BCUT2D eigenvalue weighted by Crippen LogP contribution is -2.28. The largest absolute Gasteiger partial charge is 0.305 e. The summed E-state index contributed by atoms with van der Waals surface area (Å²) < 4.78 is 17.3. The average molecular weight is 395 g/mol. The second kappa shape index (κ2) is 7.98. The van der Waals surface area contributed by atoms with Gasteiger partial charge in [-0.3, -0.25) is 9.59 Å². The van der Waals surface area contributed by atoms with Gasteiger partial charge in [-0.2, -0.15) is 10.2 Å². The number of rotatable bonds is 4. The summed E-state index contributed by atoms with van der Waals surface area (Å²) >= 11 is 0. The monoisotopic (exact) mass is 395 g/mol. The third-order valence-corrected chi connectivity index (χ3v) is 5.24. The first-order valence-electron chi connectivity index (χ1n) is 9.75. The SMILES string of the molecule is Cc1cc(=O)c(C(=O)Nc2ccnn2C2CCCCC2)nn1-c1ccccc1F. The molecule has 1 amide bonds. The van der Waals surface area contributed by atoms with Crippen molar-refractivity contribution in [3.8, 4) is 5.69 Å². The predicted molar refractivity (Wildman–Crippen MR) is 107 cm³/mol. The van der Waals surface area contributed by atoms with E-state index in [0.717, 1.165) is 25.7 Å². The van der Waals surface area contributed by atoms with Crippen LogP contribution in [0.3, 0.4) is 0 Å². The van der Waals surface area contributed by atoms with E-state index >= 15 is 0 Å². The number of amides is 1. The van der Waals surface area contributed by atoms with Crippen molar-refractivity contribution in [2.75, 3.05) is 5.32 Å². The number of nitrogens with one attached hydrogen (secondary N) is 1. The van der Waals surface area contributed by atoms with E-state index in [2.05, 4.69) is 15.5 Å². The Morgan fingerprint density at radius 1 is 1.17 bits per heavy atom. The Bertz CT molecular complexity index is 1100. The van der Waals surface area contributed by atoms with Crippen LogP contribution in [0.25, 0.3) is 5.69 Å². The van der Waals surface area contributed by atoms with Crippen molar-refractivity contribution in [1.29, 1.82) is 0 Å². The van der Waals surface area contributed by atoms with Gasteiger partial charge in [-0.25, -0.2) is 13.8 Å². The van der Waals surface area contributed by atoms with Gasteiger partial charge in [0.05, 0.1) is 12.2 Å². The number of aryl methyl sites for hydroxylation is 1. The summed E-state index contributed by atoms with van der Waals surface area (Å²) in [5, 5.41) is 11.2. The minimum atomic E-state index is -0.641. The van der Waals surface area contributed by atoms with Gasteiger partial charge in [-0.1, -0.05) is 31.4 Å². The van der Waals surface area contributed by atoms with Crippen LogP contribution in [0.1, 0.15) is 54.3 Å². The van der Waals surface area contributed by atoms with Crippen LogP contribution in [-0.4, -0.2) is 25.5 Å². The third kappa shape index (κ3) is 3.83. The number of carbonyl (C=O) groups excluding carboxylic acids is 1. The van der Waals surface area contributed by atoms with Crippen LogP contribution >= 0.6 is 0 Å². The van der Waals surface area contributed by atoms with Crippen LogP contribution < -0.4 is 10.7 Å². The Kier molecular flexibility index (Phi) is 5.24. The summed E-state index contributed by atoms with van der Waals surface area (Å²) in [4.78, 5) is 25.2. The summed E-state index contributed by atoms with van der Waals surface area (Å²) in [6.07, 6.45) is 7.11. The molecule has 1 aromatic carbocycles. The molecule has 7 nitrogen and oxygen atoms in total. The van der Waals surface area contributed by atoms with E-state index in [1.54, 1.807) is 42.1 Å². The first-order valence-corrected chi connectivity index (χ1v) is 9.75. The van der Waals surface area contributed by atoms with Crippen molar-refractivity contribution in [3.05, 3.63) is 70.0 Å². The topological polar surface area (TPSA) is 81.8 Å². The highest BCUT2D eigenvalue weighted by Crippen LogP contribution is 2.30. The molecule has 0 atom stereocenters. The normalized spacial score (nSPS) is 14.7. The number of nitrogens with zero attached hydrogens (tertiary/aromatic N) is 4. The van der Waals surface area contributed by atoms with E-state index in [4.69, 9.17) is 0 Å². The van der Waals surface area contributed by atoms with Crippen LogP contribution in [0.2, 0.25) is 0 Å². The van der Waals surface area contributed by atoms with Gasteiger partial charge < -0.3 is 5.32 Å². The van der Waals surface area contributed by atoms with Gasteiger partial charge >= 0.3 is 0 Å². The molecule has 0 aliphatic heterocycles. The number of aromatic nitrogens is 4. The van der Waals surface area contributed by atoms with Gasteiger partial charge in [0, 0.05) is 17.8 Å². The molecule has 0 unspecified atom stereocenters. The molecule has 3 aromatic rings. The Labute approximate surface area is 167 Å². The van der Waals surface area contributed by atoms with Crippen molar-refractivity contribution in [3.63, 3.8) is 0 Å². The molecule has 8 heteroatoms. The number of para-hydroxylation sites is 1.